The van der Waals surface area contributed by atoms with E-state index in [1.165, 1.54) is 231 Å². The summed E-state index contributed by atoms with van der Waals surface area (Å²) in [6.45, 7) is 11.3. The van der Waals surface area contributed by atoms with E-state index < -0.39 is 0 Å². The van der Waals surface area contributed by atoms with E-state index in [2.05, 4.69) is 46.8 Å². The number of allylic oxidation sites excluding steroid dienone is 2. The van der Waals surface area contributed by atoms with Gasteiger partial charge in [0.05, 0.1) is 0 Å². The largest absolute Gasteiger partial charge is 0.303 e. The lowest BCUT2D eigenvalue weighted by Crippen LogP contribution is -2.02. The van der Waals surface area contributed by atoms with E-state index in [0.717, 1.165) is 18.6 Å². The standard InChI is InChI=1S/C24H48.C23H46O/c1-4-7-9-11-12-13-14-15-16-18-20-23-24(21-6-3)22-19-17-10-8-5-2;1-3-5-7-9-10-11-12-13-14-16-18-20-23(21-22-24)19-17-15-8-6-4-2/h6,21,24H,4-5,7-20,22-23H2,1-3H3;22-23H,3-21H2,1-2H3/b21-6+;/t24-;23-/m11/s1. The van der Waals surface area contributed by atoms with E-state index in [1.54, 1.807) is 0 Å². The molecule has 0 aromatic heterocycles. The molecule has 0 heterocycles. The Bertz CT molecular complexity index is 580. The number of unbranched alkanes of at least 4 members (excludes halogenated alkanes) is 28. The van der Waals surface area contributed by atoms with Gasteiger partial charge in [0.25, 0.3) is 0 Å². The minimum atomic E-state index is 0.669. The fourth-order valence-corrected chi connectivity index (χ4v) is 7.34. The molecular weight excluding hydrogens is 581 g/mol. The van der Waals surface area contributed by atoms with Crippen LogP contribution in [0.1, 0.15) is 272 Å². The third-order valence-electron chi connectivity index (χ3n) is 10.7. The summed E-state index contributed by atoms with van der Waals surface area (Å²) in [5.74, 6) is 1.53. The van der Waals surface area contributed by atoms with Crippen molar-refractivity contribution >= 4 is 6.29 Å². The van der Waals surface area contributed by atoms with E-state index in [-0.39, 0.29) is 0 Å². The second-order valence-electron chi connectivity index (χ2n) is 15.6. The van der Waals surface area contributed by atoms with Crippen LogP contribution >= 0.6 is 0 Å². The van der Waals surface area contributed by atoms with Gasteiger partial charge >= 0.3 is 0 Å². The minimum absolute atomic E-state index is 0.669. The summed E-state index contributed by atoms with van der Waals surface area (Å²) in [4.78, 5) is 10.9. The summed E-state index contributed by atoms with van der Waals surface area (Å²) < 4.78 is 0. The second-order valence-corrected chi connectivity index (χ2v) is 15.6. The molecule has 0 saturated heterocycles. The van der Waals surface area contributed by atoms with Gasteiger partial charge in [-0.15, -0.1) is 0 Å². The Morgan fingerprint density at radius 2 is 0.604 bits per heavy atom. The smallest absolute Gasteiger partial charge is 0.120 e. The van der Waals surface area contributed by atoms with Crippen molar-refractivity contribution in [2.45, 2.75) is 272 Å². The topological polar surface area (TPSA) is 17.1 Å². The summed E-state index contributed by atoms with van der Waals surface area (Å²) in [5.41, 5.74) is 0. The Morgan fingerprint density at radius 3 is 0.854 bits per heavy atom. The van der Waals surface area contributed by atoms with Gasteiger partial charge in [-0.25, -0.2) is 0 Å². The van der Waals surface area contributed by atoms with Gasteiger partial charge in [0.2, 0.25) is 0 Å². The lowest BCUT2D eigenvalue weighted by molar-refractivity contribution is -0.108. The number of hydrogen-bond donors (Lipinski definition) is 0. The lowest BCUT2D eigenvalue weighted by atomic mass is 9.92. The molecule has 48 heavy (non-hydrogen) atoms. The maximum Gasteiger partial charge on any atom is 0.120 e. The van der Waals surface area contributed by atoms with E-state index in [9.17, 15) is 4.79 Å². The maximum absolute atomic E-state index is 10.9. The predicted molar refractivity (Wildman–Crippen MR) is 221 cm³/mol. The lowest BCUT2D eigenvalue weighted by Gasteiger charge is -2.14. The van der Waals surface area contributed by atoms with Crippen LogP contribution < -0.4 is 0 Å². The Kier molecular flexibility index (Phi) is 47.9. The van der Waals surface area contributed by atoms with E-state index >= 15 is 0 Å². The first-order valence-corrected chi connectivity index (χ1v) is 22.8. The molecule has 1 nitrogen and oxygen atoms in total. The molecule has 0 rings (SSSR count). The van der Waals surface area contributed by atoms with E-state index in [0.29, 0.717) is 5.92 Å². The Hall–Kier alpha value is -0.590. The van der Waals surface area contributed by atoms with Gasteiger partial charge in [0.15, 0.2) is 0 Å². The van der Waals surface area contributed by atoms with Crippen LogP contribution in [-0.2, 0) is 4.79 Å². The van der Waals surface area contributed by atoms with Crippen molar-refractivity contribution in [1.29, 1.82) is 0 Å². The van der Waals surface area contributed by atoms with E-state index in [4.69, 9.17) is 0 Å². The van der Waals surface area contributed by atoms with Gasteiger partial charge in [-0.3, -0.25) is 0 Å². The quantitative estimate of drug-likeness (QED) is 0.0360. The highest BCUT2D eigenvalue weighted by Crippen LogP contribution is 2.22. The van der Waals surface area contributed by atoms with Crippen LogP contribution in [0.3, 0.4) is 0 Å². The molecule has 0 radical (unpaired) electrons. The van der Waals surface area contributed by atoms with Crippen molar-refractivity contribution in [2.24, 2.45) is 11.8 Å². The van der Waals surface area contributed by atoms with Gasteiger partial charge in [-0.05, 0) is 31.6 Å². The summed E-state index contributed by atoms with van der Waals surface area (Å²) in [5, 5.41) is 0. The zero-order valence-corrected chi connectivity index (χ0v) is 34.5. The van der Waals surface area contributed by atoms with Crippen LogP contribution in [0.2, 0.25) is 0 Å². The first kappa shape index (κ1) is 49.5. The number of carbonyl (C=O) groups excluding carboxylic acids is 1. The van der Waals surface area contributed by atoms with Crippen LogP contribution in [-0.4, -0.2) is 6.29 Å². The van der Waals surface area contributed by atoms with Crippen molar-refractivity contribution in [3.63, 3.8) is 0 Å². The second kappa shape index (κ2) is 46.4. The third kappa shape index (κ3) is 43.4. The normalized spacial score (nSPS) is 12.7. The molecule has 0 aliphatic carbocycles. The first-order chi connectivity index (χ1) is 23.7. The molecule has 0 N–H and O–H groups in total. The molecule has 0 aliphatic rings. The molecular formula is C47H94O. The molecule has 2 atom stereocenters. The van der Waals surface area contributed by atoms with Gasteiger partial charge in [-0.1, -0.05) is 258 Å². The summed E-state index contributed by atoms with van der Waals surface area (Å²) in [7, 11) is 0. The predicted octanol–water partition coefficient (Wildman–Crippen LogP) is 17.5. The van der Waals surface area contributed by atoms with Crippen LogP contribution in [0.15, 0.2) is 12.2 Å². The van der Waals surface area contributed by atoms with Gasteiger partial charge in [0, 0.05) is 6.42 Å². The van der Waals surface area contributed by atoms with Crippen LogP contribution in [0.4, 0.5) is 0 Å². The molecule has 0 saturated carbocycles. The van der Waals surface area contributed by atoms with E-state index in [1.807, 2.05) is 0 Å². The first-order valence-electron chi connectivity index (χ1n) is 22.8. The van der Waals surface area contributed by atoms with Crippen molar-refractivity contribution < 1.29 is 4.79 Å². The number of rotatable bonds is 39. The highest BCUT2D eigenvalue weighted by atomic mass is 16.1. The molecule has 0 amide bonds. The molecule has 1 heteroatoms. The molecule has 0 aromatic carbocycles. The highest BCUT2D eigenvalue weighted by molar-refractivity contribution is 5.49. The molecule has 0 aromatic rings. The van der Waals surface area contributed by atoms with Crippen LogP contribution in [0, 0.1) is 11.8 Å². The molecule has 0 spiro atoms. The van der Waals surface area contributed by atoms with Crippen molar-refractivity contribution in [1.82, 2.24) is 0 Å². The van der Waals surface area contributed by atoms with Crippen molar-refractivity contribution in [2.75, 3.05) is 0 Å². The fourth-order valence-electron chi connectivity index (χ4n) is 7.34. The Morgan fingerprint density at radius 1 is 0.354 bits per heavy atom. The zero-order valence-electron chi connectivity index (χ0n) is 34.5. The monoisotopic (exact) mass is 675 g/mol. The Labute approximate surface area is 306 Å². The highest BCUT2D eigenvalue weighted by Gasteiger charge is 2.08. The van der Waals surface area contributed by atoms with Gasteiger partial charge in [0.1, 0.15) is 6.29 Å². The third-order valence-corrected chi connectivity index (χ3v) is 10.7. The fraction of sp³-hybridized carbons (Fsp3) is 0.936. The molecule has 0 aliphatic heterocycles. The molecule has 0 unspecified atom stereocenters. The number of hydrogen-bond acceptors (Lipinski definition) is 1. The number of aldehydes is 1. The maximum atomic E-state index is 10.9. The molecule has 0 fully saturated rings. The Balaban J connectivity index is 0. The van der Waals surface area contributed by atoms with Crippen molar-refractivity contribution in [3.8, 4) is 0 Å². The van der Waals surface area contributed by atoms with Crippen LogP contribution in [0.5, 0.6) is 0 Å². The zero-order chi connectivity index (χ0) is 35.4. The summed E-state index contributed by atoms with van der Waals surface area (Å²) >= 11 is 0. The van der Waals surface area contributed by atoms with Crippen molar-refractivity contribution in [3.05, 3.63) is 12.2 Å². The van der Waals surface area contributed by atoms with Gasteiger partial charge < -0.3 is 4.79 Å². The summed E-state index contributed by atoms with van der Waals surface area (Å²) in [6.07, 6.45) is 57.5. The average Bonchev–Trinajstić information content (AvgIpc) is 3.09. The van der Waals surface area contributed by atoms with Crippen LogP contribution in [0.25, 0.3) is 0 Å². The minimum Gasteiger partial charge on any atom is -0.303 e. The van der Waals surface area contributed by atoms with Gasteiger partial charge in [-0.2, -0.15) is 0 Å². The molecule has 288 valence electrons. The average molecular weight is 675 g/mol. The SMILES string of the molecule is C/C=C/[C@H](CCCCCCC)CCCCCCCCCCCCC.CCCCCCCCCCCCC[C@H](CC=O)CCCCCCC. The summed E-state index contributed by atoms with van der Waals surface area (Å²) in [6, 6.07) is 0. The number of carbonyl (C=O) groups is 1. The molecule has 0 bridgehead atoms.